The van der Waals surface area contributed by atoms with Crippen molar-refractivity contribution in [3.05, 3.63) is 165 Å². The summed E-state index contributed by atoms with van der Waals surface area (Å²) in [7, 11) is 0. The molecular formula is C47H44N4O4. The highest BCUT2D eigenvalue weighted by molar-refractivity contribution is 6.39. The van der Waals surface area contributed by atoms with Crippen LogP contribution in [0.1, 0.15) is 83.8 Å². The average Bonchev–Trinajstić information content (AvgIpc) is 3.76. The van der Waals surface area contributed by atoms with E-state index < -0.39 is 0 Å². The van der Waals surface area contributed by atoms with Gasteiger partial charge >= 0.3 is 0 Å². The summed E-state index contributed by atoms with van der Waals surface area (Å²) in [5.74, 6) is -0.559. The molecule has 0 radical (unpaired) electrons. The number of anilines is 2. The molecule has 0 spiro atoms. The van der Waals surface area contributed by atoms with Gasteiger partial charge in [0.05, 0.1) is 22.5 Å². The van der Waals surface area contributed by atoms with E-state index in [2.05, 4.69) is 6.92 Å². The third kappa shape index (κ3) is 7.08. The lowest BCUT2D eigenvalue weighted by atomic mass is 9.85. The number of rotatable bonds is 11. The number of amides is 2. The minimum absolute atomic E-state index is 0.0000833. The van der Waals surface area contributed by atoms with Crippen LogP contribution in [-0.4, -0.2) is 34.8 Å². The summed E-state index contributed by atoms with van der Waals surface area (Å²) in [5, 5.41) is 12.7. The quantitative estimate of drug-likeness (QED) is 0.145. The van der Waals surface area contributed by atoms with Gasteiger partial charge in [0.15, 0.2) is 11.6 Å². The first kappa shape index (κ1) is 37.1. The van der Waals surface area contributed by atoms with Crippen LogP contribution < -0.4 is 10.0 Å². The van der Waals surface area contributed by atoms with Gasteiger partial charge in [-0.25, -0.2) is 0 Å². The Kier molecular flexibility index (Phi) is 10.8. The molecule has 0 N–H and O–H groups in total. The first-order valence-electron chi connectivity index (χ1n) is 19.3. The van der Waals surface area contributed by atoms with E-state index in [9.17, 15) is 19.2 Å². The summed E-state index contributed by atoms with van der Waals surface area (Å²) in [6, 6.07) is 26.1. The van der Waals surface area contributed by atoms with Crippen LogP contribution in [0.4, 0.5) is 11.4 Å². The highest BCUT2D eigenvalue weighted by Gasteiger charge is 2.38. The molecular weight excluding hydrogens is 685 g/mol. The van der Waals surface area contributed by atoms with Crippen LogP contribution in [0, 0.1) is 0 Å². The molecule has 55 heavy (non-hydrogen) atoms. The number of hydrazone groups is 2. The molecule has 2 amide bonds. The normalized spacial score (nSPS) is 18.8. The maximum Gasteiger partial charge on any atom is 0.281 e. The zero-order valence-electron chi connectivity index (χ0n) is 31.8. The fourth-order valence-electron chi connectivity index (χ4n) is 7.37. The van der Waals surface area contributed by atoms with E-state index in [1.165, 1.54) is 10.0 Å². The Bertz CT molecular complexity index is 2330. The van der Waals surface area contributed by atoms with Crippen LogP contribution in [0.15, 0.2) is 164 Å². The summed E-state index contributed by atoms with van der Waals surface area (Å²) < 4.78 is 0. The second-order valence-corrected chi connectivity index (χ2v) is 13.9. The minimum atomic E-state index is -0.300. The molecule has 3 aromatic rings. The first-order chi connectivity index (χ1) is 26.8. The second-order valence-electron chi connectivity index (χ2n) is 13.9. The Morgan fingerprint density at radius 2 is 0.909 bits per heavy atom. The van der Waals surface area contributed by atoms with Gasteiger partial charge < -0.3 is 0 Å². The Labute approximate surface area is 322 Å². The monoisotopic (exact) mass is 728 g/mol. The van der Waals surface area contributed by atoms with Crippen molar-refractivity contribution in [1.29, 1.82) is 0 Å². The van der Waals surface area contributed by atoms with E-state index in [0.717, 1.165) is 19.3 Å². The molecule has 8 heteroatoms. The van der Waals surface area contributed by atoms with Crippen molar-refractivity contribution in [2.75, 3.05) is 10.0 Å². The van der Waals surface area contributed by atoms with Crippen molar-refractivity contribution in [3.8, 4) is 0 Å². The SMILES string of the molecule is CCCCCC1=C/C(=C2\C(=O)N(c3ccccc3)N=C2c2cccc(C3=NN(c4ccccc4)C(=O)C3=C3C=C(CC)C(=O)C(CC)=C3)c2)C=C(CC)C1=O. The van der Waals surface area contributed by atoms with Gasteiger partial charge in [0.25, 0.3) is 11.8 Å². The highest BCUT2D eigenvalue weighted by atomic mass is 16.2. The van der Waals surface area contributed by atoms with Gasteiger partial charge in [-0.15, -0.1) is 0 Å². The Balaban J connectivity index is 1.41. The lowest BCUT2D eigenvalue weighted by molar-refractivity contribution is -0.115. The van der Waals surface area contributed by atoms with Gasteiger partial charge in [0.2, 0.25) is 0 Å². The average molecular weight is 729 g/mol. The maximum atomic E-state index is 14.5. The molecule has 2 heterocycles. The van der Waals surface area contributed by atoms with E-state index in [0.29, 0.717) is 104 Å². The summed E-state index contributed by atoms with van der Waals surface area (Å²) in [5.41, 5.74) is 8.19. The van der Waals surface area contributed by atoms with E-state index in [1.54, 1.807) is 0 Å². The lowest BCUT2D eigenvalue weighted by Crippen LogP contribution is -2.23. The van der Waals surface area contributed by atoms with Crippen molar-refractivity contribution in [2.45, 2.75) is 72.6 Å². The number of nitrogens with zero attached hydrogens (tertiary/aromatic N) is 4. The molecule has 0 unspecified atom stereocenters. The molecule has 2 aliphatic heterocycles. The first-order valence-corrected chi connectivity index (χ1v) is 19.3. The maximum absolute atomic E-state index is 14.5. The van der Waals surface area contributed by atoms with Crippen LogP contribution in [0.25, 0.3) is 0 Å². The number of para-hydroxylation sites is 2. The molecule has 0 saturated heterocycles. The molecule has 8 nitrogen and oxygen atoms in total. The van der Waals surface area contributed by atoms with Crippen molar-refractivity contribution in [1.82, 2.24) is 0 Å². The Morgan fingerprint density at radius 1 is 0.491 bits per heavy atom. The summed E-state index contributed by atoms with van der Waals surface area (Å²) in [6.45, 7) is 7.97. The number of Topliss-reactive ketones (excluding diaryl/α,β-unsaturated/α-hetero) is 2. The number of hydrogen-bond donors (Lipinski definition) is 0. The molecule has 0 saturated carbocycles. The second kappa shape index (κ2) is 16.0. The number of allylic oxidation sites excluding steroid dienone is 10. The van der Waals surface area contributed by atoms with Crippen LogP contribution in [0.2, 0.25) is 0 Å². The standard InChI is InChI=1S/C47H44N4O4/c1-5-9-12-18-35-29-37(27-32(8-4)45(35)53)41-43(49-51(47(41)55)39-23-15-11-16-24-39)34-20-17-19-33(28-34)42-40(36-25-30(6-2)44(52)31(7-3)26-36)46(54)50(48-42)38-21-13-10-14-22-38/h10-11,13-17,19-29H,5-9,12,18H2,1-4H3/b41-37-. The van der Waals surface area contributed by atoms with Crippen molar-refractivity contribution < 1.29 is 19.2 Å². The molecule has 2 aliphatic carbocycles. The van der Waals surface area contributed by atoms with Gasteiger partial charge in [-0.2, -0.15) is 20.2 Å². The largest absolute Gasteiger partial charge is 0.289 e. The Hall–Kier alpha value is -6.28. The number of carbonyl (C=O) groups excluding carboxylic acids is 4. The topological polar surface area (TPSA) is 99.5 Å². The Morgan fingerprint density at radius 3 is 1.33 bits per heavy atom. The van der Waals surface area contributed by atoms with Crippen LogP contribution in [-0.2, 0) is 19.2 Å². The van der Waals surface area contributed by atoms with Gasteiger partial charge in [-0.05, 0) is 97.9 Å². The van der Waals surface area contributed by atoms with E-state index in [1.807, 2.05) is 130 Å². The molecule has 276 valence electrons. The number of ketones is 2. The molecule has 3 aromatic carbocycles. The molecule has 0 aromatic heterocycles. The van der Waals surface area contributed by atoms with Gasteiger partial charge in [-0.1, -0.05) is 95.1 Å². The van der Waals surface area contributed by atoms with Crippen LogP contribution >= 0.6 is 0 Å². The van der Waals surface area contributed by atoms with Crippen molar-refractivity contribution >= 4 is 46.2 Å². The van der Waals surface area contributed by atoms with Gasteiger partial charge in [-0.3, -0.25) is 19.2 Å². The van der Waals surface area contributed by atoms with Gasteiger partial charge in [0, 0.05) is 33.4 Å². The number of hydrogen-bond acceptors (Lipinski definition) is 6. The number of carbonyl (C=O) groups is 4. The van der Waals surface area contributed by atoms with E-state index in [4.69, 9.17) is 10.2 Å². The van der Waals surface area contributed by atoms with Crippen LogP contribution in [0.3, 0.4) is 0 Å². The summed E-state index contributed by atoms with van der Waals surface area (Å²) in [4.78, 5) is 55.5. The third-order valence-corrected chi connectivity index (χ3v) is 10.4. The molecule has 0 atom stereocenters. The van der Waals surface area contributed by atoms with E-state index in [-0.39, 0.29) is 23.4 Å². The van der Waals surface area contributed by atoms with E-state index >= 15 is 0 Å². The molecule has 7 rings (SSSR count). The fraction of sp³-hybridized carbons (Fsp3) is 0.234. The highest BCUT2D eigenvalue weighted by Crippen LogP contribution is 2.36. The smallest absolute Gasteiger partial charge is 0.281 e. The number of unbranched alkanes of at least 4 members (excludes halogenated alkanes) is 2. The van der Waals surface area contributed by atoms with Crippen molar-refractivity contribution in [2.24, 2.45) is 10.2 Å². The zero-order valence-corrected chi connectivity index (χ0v) is 31.8. The minimum Gasteiger partial charge on any atom is -0.289 e. The predicted octanol–water partition coefficient (Wildman–Crippen LogP) is 9.46. The third-order valence-electron chi connectivity index (χ3n) is 10.4. The molecule has 0 bridgehead atoms. The molecule has 4 aliphatic rings. The summed E-state index contributed by atoms with van der Waals surface area (Å²) in [6.07, 6.45) is 12.5. The van der Waals surface area contributed by atoms with Gasteiger partial charge in [0.1, 0.15) is 11.4 Å². The number of benzene rings is 3. The summed E-state index contributed by atoms with van der Waals surface area (Å²) >= 11 is 0. The van der Waals surface area contributed by atoms with Crippen LogP contribution in [0.5, 0.6) is 0 Å². The molecule has 0 fully saturated rings. The lowest BCUT2D eigenvalue weighted by Gasteiger charge is -2.17. The predicted molar refractivity (Wildman–Crippen MR) is 219 cm³/mol. The van der Waals surface area contributed by atoms with Crippen molar-refractivity contribution in [3.63, 3.8) is 0 Å². The zero-order chi connectivity index (χ0) is 38.6. The fourth-order valence-corrected chi connectivity index (χ4v) is 7.37.